The van der Waals surface area contributed by atoms with Crippen LogP contribution in [0.25, 0.3) is 0 Å². The summed E-state index contributed by atoms with van der Waals surface area (Å²) in [7, 11) is 0. The number of hydroxylamine groups is 1. The molecular formula is C16H17ClFN5O6. The largest absolute Gasteiger partial charge is 0.480 e. The Hall–Kier alpha value is -3.09. The van der Waals surface area contributed by atoms with E-state index in [0.717, 1.165) is 6.07 Å². The molecule has 0 radical (unpaired) electrons. The van der Waals surface area contributed by atoms with Gasteiger partial charge in [-0.15, -0.1) is 0 Å². The number of rotatable bonds is 10. The summed E-state index contributed by atoms with van der Waals surface area (Å²) in [5.41, 5.74) is 7.24. The average Bonchev–Trinajstić information content (AvgIpc) is 3.14. The number of carboxylic acids is 1. The van der Waals surface area contributed by atoms with Gasteiger partial charge in [0, 0.05) is 12.8 Å². The molecule has 156 valence electrons. The van der Waals surface area contributed by atoms with E-state index in [-0.39, 0.29) is 59.8 Å². The molecule has 0 saturated heterocycles. The first-order chi connectivity index (χ1) is 13.8. The summed E-state index contributed by atoms with van der Waals surface area (Å²) < 4.78 is 23.2. The lowest BCUT2D eigenvalue weighted by Crippen LogP contribution is -2.32. The standard InChI is InChI=1S/C16H17ClFN5O6/c17-10-6-8(3-4-11(10)18)20-14(21-27)13-15(23-29-22-13)28-5-1-2-9(24)7-12(19)16(25)26/h3-4,6,12,27H,1-2,5,7,19H2,(H,20,21)(H,25,26)/t12-/m0/s1. The zero-order valence-electron chi connectivity index (χ0n) is 14.8. The first kappa shape index (κ1) is 22.2. The molecule has 0 aliphatic carbocycles. The zero-order chi connectivity index (χ0) is 21.4. The van der Waals surface area contributed by atoms with Gasteiger partial charge >= 0.3 is 5.97 Å². The normalized spacial score (nSPS) is 12.5. The van der Waals surface area contributed by atoms with E-state index in [4.69, 9.17) is 27.2 Å². The van der Waals surface area contributed by atoms with Gasteiger partial charge in [0.1, 0.15) is 17.6 Å². The molecule has 0 amide bonds. The van der Waals surface area contributed by atoms with E-state index in [9.17, 15) is 19.2 Å². The number of ether oxygens (including phenoxy) is 1. The second kappa shape index (κ2) is 10.5. The summed E-state index contributed by atoms with van der Waals surface area (Å²) in [6.45, 7) is 0.0242. The van der Waals surface area contributed by atoms with Gasteiger partial charge in [0.2, 0.25) is 5.69 Å². The third-order valence-electron chi connectivity index (χ3n) is 3.54. The van der Waals surface area contributed by atoms with Crippen LogP contribution in [0.3, 0.4) is 0 Å². The van der Waals surface area contributed by atoms with E-state index in [2.05, 4.69) is 19.9 Å². The molecule has 2 aromatic rings. The molecule has 11 nitrogen and oxygen atoms in total. The lowest BCUT2D eigenvalue weighted by molar-refractivity contribution is -0.140. The number of aliphatic imine (C=N–C) groups is 1. The van der Waals surface area contributed by atoms with Crippen LogP contribution in [0.5, 0.6) is 5.88 Å². The summed E-state index contributed by atoms with van der Waals surface area (Å²) in [6.07, 6.45) is 0.0243. The SMILES string of the molecule is N[C@@H](CC(=O)CCCOc1nonc1C(=Nc1ccc(F)c(Cl)c1)NO)C(=O)O. The molecule has 0 aliphatic rings. The van der Waals surface area contributed by atoms with Gasteiger partial charge in [-0.1, -0.05) is 11.6 Å². The van der Waals surface area contributed by atoms with Gasteiger partial charge < -0.3 is 15.6 Å². The maximum Gasteiger partial charge on any atom is 0.320 e. The smallest absolute Gasteiger partial charge is 0.320 e. The molecule has 2 rings (SSSR count). The summed E-state index contributed by atoms with van der Waals surface area (Å²) in [5.74, 6) is -2.52. The van der Waals surface area contributed by atoms with Crippen LogP contribution in [0.4, 0.5) is 10.1 Å². The van der Waals surface area contributed by atoms with Gasteiger partial charge in [0.05, 0.1) is 17.3 Å². The number of ketones is 1. The lowest BCUT2D eigenvalue weighted by Gasteiger charge is -2.07. The second-order valence-corrected chi connectivity index (χ2v) is 6.14. The fourth-order valence-electron chi connectivity index (χ4n) is 2.11. The first-order valence-electron chi connectivity index (χ1n) is 8.21. The minimum absolute atomic E-state index is 0.0242. The Morgan fingerprint density at radius 1 is 1.41 bits per heavy atom. The van der Waals surface area contributed by atoms with Gasteiger partial charge in [-0.05, 0) is 34.9 Å². The van der Waals surface area contributed by atoms with E-state index in [0.29, 0.717) is 0 Å². The van der Waals surface area contributed by atoms with Crippen LogP contribution >= 0.6 is 11.6 Å². The van der Waals surface area contributed by atoms with Crippen molar-refractivity contribution in [2.45, 2.75) is 25.3 Å². The molecule has 1 atom stereocenters. The van der Waals surface area contributed by atoms with Gasteiger partial charge in [-0.25, -0.2) is 14.0 Å². The molecule has 5 N–H and O–H groups in total. The number of halogens is 2. The Bertz CT molecular complexity index is 906. The quantitative estimate of drug-likeness (QED) is 0.187. The number of carbonyl (C=O) groups excluding carboxylic acids is 1. The van der Waals surface area contributed by atoms with Crippen molar-refractivity contribution in [3.05, 3.63) is 34.7 Å². The molecule has 0 spiro atoms. The molecule has 0 saturated carbocycles. The average molecular weight is 430 g/mol. The van der Waals surface area contributed by atoms with Gasteiger partial charge in [0.15, 0.2) is 5.84 Å². The van der Waals surface area contributed by atoms with E-state index in [1.807, 2.05) is 5.48 Å². The number of carboxylic acid groups (broad SMARTS) is 1. The van der Waals surface area contributed by atoms with Crippen molar-refractivity contribution < 1.29 is 33.7 Å². The lowest BCUT2D eigenvalue weighted by atomic mass is 10.1. The summed E-state index contributed by atoms with van der Waals surface area (Å²) in [6, 6.07) is 2.40. The highest BCUT2D eigenvalue weighted by Crippen LogP contribution is 2.23. The Morgan fingerprint density at radius 2 is 2.17 bits per heavy atom. The van der Waals surface area contributed by atoms with Crippen LogP contribution < -0.4 is 16.0 Å². The Balaban J connectivity index is 1.97. The van der Waals surface area contributed by atoms with Gasteiger partial charge in [-0.2, -0.15) is 0 Å². The third-order valence-corrected chi connectivity index (χ3v) is 3.83. The zero-order valence-corrected chi connectivity index (χ0v) is 15.6. The number of benzene rings is 1. The molecule has 0 bridgehead atoms. The molecule has 1 aromatic heterocycles. The third kappa shape index (κ3) is 6.48. The Labute approximate surface area is 168 Å². The van der Waals surface area contributed by atoms with Crippen molar-refractivity contribution >= 4 is 34.9 Å². The fraction of sp³-hybridized carbons (Fsp3) is 0.312. The number of hydrogen-bond donors (Lipinski definition) is 4. The number of carbonyl (C=O) groups is 2. The topological polar surface area (TPSA) is 173 Å². The maximum absolute atomic E-state index is 13.2. The Morgan fingerprint density at radius 3 is 2.83 bits per heavy atom. The molecule has 13 heteroatoms. The minimum Gasteiger partial charge on any atom is -0.480 e. The highest BCUT2D eigenvalue weighted by molar-refractivity contribution is 6.31. The number of aliphatic carboxylic acids is 1. The van der Waals surface area contributed by atoms with E-state index in [1.165, 1.54) is 12.1 Å². The molecule has 0 aliphatic heterocycles. The van der Waals surface area contributed by atoms with Crippen molar-refractivity contribution in [1.82, 2.24) is 15.8 Å². The Kier molecular flexibility index (Phi) is 8.00. The molecular weight excluding hydrogens is 413 g/mol. The molecule has 1 aromatic carbocycles. The number of hydrogen-bond acceptors (Lipinski definition) is 9. The van der Waals surface area contributed by atoms with Crippen molar-refractivity contribution in [3.8, 4) is 5.88 Å². The number of nitrogens with two attached hydrogens (primary N) is 1. The summed E-state index contributed by atoms with van der Waals surface area (Å²) >= 11 is 5.69. The van der Waals surface area contributed by atoms with Crippen LogP contribution in [-0.2, 0) is 9.59 Å². The predicted molar refractivity (Wildman–Crippen MR) is 96.8 cm³/mol. The number of Topliss-reactive ketones (excluding diaryl/α,β-unsaturated/α-hetero) is 1. The number of amidine groups is 1. The highest BCUT2D eigenvalue weighted by Gasteiger charge is 2.19. The molecule has 0 fully saturated rings. The van der Waals surface area contributed by atoms with Crippen LogP contribution in [0.2, 0.25) is 5.02 Å². The molecule has 1 heterocycles. The fourth-order valence-corrected chi connectivity index (χ4v) is 2.28. The van der Waals surface area contributed by atoms with Gasteiger partial charge in [-0.3, -0.25) is 20.3 Å². The predicted octanol–water partition coefficient (Wildman–Crippen LogP) is 1.45. The van der Waals surface area contributed by atoms with Crippen molar-refractivity contribution in [3.63, 3.8) is 0 Å². The van der Waals surface area contributed by atoms with Crippen LogP contribution in [-0.4, -0.2) is 50.9 Å². The van der Waals surface area contributed by atoms with Crippen molar-refractivity contribution in [2.24, 2.45) is 10.7 Å². The number of nitrogens with one attached hydrogen (secondary N) is 1. The van der Waals surface area contributed by atoms with Crippen LogP contribution in [0.1, 0.15) is 25.0 Å². The van der Waals surface area contributed by atoms with Crippen molar-refractivity contribution in [2.75, 3.05) is 6.61 Å². The van der Waals surface area contributed by atoms with E-state index < -0.39 is 17.8 Å². The first-order valence-corrected chi connectivity index (χ1v) is 8.59. The second-order valence-electron chi connectivity index (χ2n) is 5.73. The van der Waals surface area contributed by atoms with Crippen LogP contribution in [0, 0.1) is 5.82 Å². The summed E-state index contributed by atoms with van der Waals surface area (Å²) in [4.78, 5) is 26.3. The van der Waals surface area contributed by atoms with E-state index in [1.54, 1.807) is 0 Å². The molecule has 0 unspecified atom stereocenters. The maximum atomic E-state index is 13.2. The van der Waals surface area contributed by atoms with Crippen LogP contribution in [0.15, 0.2) is 27.8 Å². The van der Waals surface area contributed by atoms with E-state index >= 15 is 0 Å². The minimum atomic E-state index is -1.25. The summed E-state index contributed by atoms with van der Waals surface area (Å²) in [5, 5.41) is 25.0. The van der Waals surface area contributed by atoms with Gasteiger partial charge in [0.25, 0.3) is 5.88 Å². The number of nitrogens with zero attached hydrogens (tertiary/aromatic N) is 3. The highest BCUT2D eigenvalue weighted by atomic mass is 35.5. The monoisotopic (exact) mass is 429 g/mol. The molecule has 29 heavy (non-hydrogen) atoms. The number of aromatic nitrogens is 2. The van der Waals surface area contributed by atoms with Crippen molar-refractivity contribution in [1.29, 1.82) is 0 Å².